The Kier molecular flexibility index (Phi) is 2.11. The van der Waals surface area contributed by atoms with Crippen LogP contribution in [-0.2, 0) is 0 Å². The second kappa shape index (κ2) is 2.94. The topological polar surface area (TPSA) is 131 Å². The highest BCUT2D eigenvalue weighted by molar-refractivity contribution is 5.33. The molecule has 13 heavy (non-hydrogen) atoms. The van der Waals surface area contributed by atoms with E-state index in [9.17, 15) is 5.21 Å². The van der Waals surface area contributed by atoms with Crippen molar-refractivity contribution in [2.45, 2.75) is 6.92 Å². The third-order valence-corrected chi connectivity index (χ3v) is 1.86. The lowest BCUT2D eigenvalue weighted by atomic mass is 10.3. The number of nitrogens with zero attached hydrogens (tertiary/aromatic N) is 2. The molecule has 7 heteroatoms. The molecule has 74 valence electrons. The Morgan fingerprint density at radius 1 is 1.08 bits per heavy atom. The van der Waals surface area contributed by atoms with Crippen LogP contribution in [0.5, 0.6) is 0 Å². The molecule has 1 aliphatic heterocycles. The fraction of sp³-hybridized carbons (Fsp3) is 0.333. The molecule has 0 radical (unpaired) electrons. The maximum absolute atomic E-state index is 9.42. The van der Waals surface area contributed by atoms with Crippen LogP contribution in [0.25, 0.3) is 0 Å². The lowest BCUT2D eigenvalue weighted by Crippen LogP contribution is -2.49. The Bertz CT molecular complexity index is 283. The molecule has 0 aromatic carbocycles. The largest absolute Gasteiger partial charge is 0.394 e. The Morgan fingerprint density at radius 2 is 1.54 bits per heavy atom. The van der Waals surface area contributed by atoms with Gasteiger partial charge in [0.15, 0.2) is 5.82 Å². The zero-order valence-corrected chi connectivity index (χ0v) is 7.36. The van der Waals surface area contributed by atoms with E-state index in [2.05, 4.69) is 0 Å². The van der Waals surface area contributed by atoms with Gasteiger partial charge in [-0.25, -0.2) is 5.01 Å². The summed E-state index contributed by atoms with van der Waals surface area (Å²) >= 11 is 0. The van der Waals surface area contributed by atoms with Crippen molar-refractivity contribution in [3.8, 4) is 0 Å². The highest BCUT2D eigenvalue weighted by Crippen LogP contribution is 2.18. The van der Waals surface area contributed by atoms with Crippen molar-refractivity contribution in [1.82, 2.24) is 10.2 Å². The van der Waals surface area contributed by atoms with Crippen LogP contribution >= 0.6 is 0 Å². The predicted octanol–water partition coefficient (Wildman–Crippen LogP) is -1.90. The molecule has 0 saturated heterocycles. The van der Waals surface area contributed by atoms with Gasteiger partial charge in [0.2, 0.25) is 0 Å². The number of hydrogen-bond donors (Lipinski definition) is 5. The Hall–Kier alpha value is -1.76. The molecule has 0 bridgehead atoms. The van der Waals surface area contributed by atoms with Gasteiger partial charge in [0.25, 0.3) is 0 Å². The smallest absolute Gasteiger partial charge is 0.173 e. The van der Waals surface area contributed by atoms with E-state index in [1.54, 1.807) is 6.92 Å². The van der Waals surface area contributed by atoms with Crippen LogP contribution in [0.3, 0.4) is 0 Å². The van der Waals surface area contributed by atoms with Crippen LogP contribution in [0.4, 0.5) is 0 Å². The first-order valence-electron chi connectivity index (χ1n) is 3.78. The van der Waals surface area contributed by atoms with Gasteiger partial charge in [-0.2, -0.15) is 0 Å². The maximum Gasteiger partial charge on any atom is 0.173 e. The number of rotatable bonds is 1. The third kappa shape index (κ3) is 1.18. The summed E-state index contributed by atoms with van der Waals surface area (Å²) in [5.74, 6) is 0.172. The second-order valence-electron chi connectivity index (χ2n) is 2.60. The molecule has 0 aromatic heterocycles. The minimum absolute atomic E-state index is 0.0199. The van der Waals surface area contributed by atoms with Gasteiger partial charge in [0, 0.05) is 6.54 Å². The first-order valence-corrected chi connectivity index (χ1v) is 3.78. The van der Waals surface area contributed by atoms with Crippen molar-refractivity contribution >= 4 is 0 Å². The molecule has 7 nitrogen and oxygen atoms in total. The van der Waals surface area contributed by atoms with Gasteiger partial charge in [-0.3, -0.25) is 5.21 Å². The molecule has 1 aliphatic rings. The van der Waals surface area contributed by atoms with Crippen molar-refractivity contribution in [2.75, 3.05) is 6.54 Å². The standard InChI is InChI=1S/C6H14N6O/c1-2-11-5(9)3(7)4(8)6(10)12(11)13/h13H,2,7-10H2,1H3. The molecule has 9 N–H and O–H groups in total. The second-order valence-corrected chi connectivity index (χ2v) is 2.60. The molecule has 1 heterocycles. The van der Waals surface area contributed by atoms with E-state index >= 15 is 0 Å². The van der Waals surface area contributed by atoms with Crippen molar-refractivity contribution in [2.24, 2.45) is 22.9 Å². The minimum Gasteiger partial charge on any atom is -0.394 e. The van der Waals surface area contributed by atoms with Crippen LogP contribution in [0.1, 0.15) is 6.92 Å². The molecule has 0 amide bonds. The van der Waals surface area contributed by atoms with Crippen molar-refractivity contribution in [3.63, 3.8) is 0 Å². The Morgan fingerprint density at radius 3 is 2.00 bits per heavy atom. The van der Waals surface area contributed by atoms with E-state index in [4.69, 9.17) is 22.9 Å². The van der Waals surface area contributed by atoms with Crippen LogP contribution in [0.2, 0.25) is 0 Å². The van der Waals surface area contributed by atoms with Crippen LogP contribution in [-0.4, -0.2) is 21.9 Å². The molecular weight excluding hydrogens is 172 g/mol. The molecule has 0 spiro atoms. The van der Waals surface area contributed by atoms with Gasteiger partial charge < -0.3 is 22.9 Å². The van der Waals surface area contributed by atoms with E-state index in [0.717, 1.165) is 0 Å². The minimum atomic E-state index is -0.0199. The van der Waals surface area contributed by atoms with Gasteiger partial charge in [0.1, 0.15) is 17.2 Å². The first kappa shape index (κ1) is 9.33. The molecule has 0 unspecified atom stereocenters. The molecule has 1 rings (SSSR count). The molecule has 0 saturated carbocycles. The van der Waals surface area contributed by atoms with Gasteiger partial charge in [-0.15, -0.1) is 5.17 Å². The summed E-state index contributed by atoms with van der Waals surface area (Å²) in [4.78, 5) is 0. The lowest BCUT2D eigenvalue weighted by Gasteiger charge is -2.36. The molecule has 0 aromatic rings. The SMILES string of the molecule is CCN1C(N)=C(N)C(N)=C(N)N1O. The number of nitrogens with two attached hydrogens (primary N) is 4. The van der Waals surface area contributed by atoms with E-state index in [-0.39, 0.29) is 23.0 Å². The quantitative estimate of drug-likeness (QED) is 0.323. The van der Waals surface area contributed by atoms with Gasteiger partial charge in [0.05, 0.1) is 0 Å². The third-order valence-electron chi connectivity index (χ3n) is 1.86. The Labute approximate surface area is 75.8 Å². The van der Waals surface area contributed by atoms with Crippen molar-refractivity contribution in [3.05, 3.63) is 23.0 Å². The maximum atomic E-state index is 9.42. The summed E-state index contributed by atoms with van der Waals surface area (Å²) in [6.07, 6.45) is 0. The summed E-state index contributed by atoms with van der Waals surface area (Å²) in [6.45, 7) is 2.23. The van der Waals surface area contributed by atoms with E-state index in [1.807, 2.05) is 0 Å². The highest BCUT2D eigenvalue weighted by atomic mass is 16.6. The summed E-state index contributed by atoms with van der Waals surface area (Å²) < 4.78 is 0. The van der Waals surface area contributed by atoms with Gasteiger partial charge in [-0.05, 0) is 6.92 Å². The predicted molar refractivity (Wildman–Crippen MR) is 46.8 cm³/mol. The van der Waals surface area contributed by atoms with Crippen LogP contribution in [0, 0.1) is 0 Å². The van der Waals surface area contributed by atoms with Crippen molar-refractivity contribution < 1.29 is 5.21 Å². The number of hydroxylamine groups is 1. The van der Waals surface area contributed by atoms with Crippen molar-refractivity contribution in [1.29, 1.82) is 0 Å². The summed E-state index contributed by atoms with van der Waals surface area (Å²) in [7, 11) is 0. The van der Waals surface area contributed by atoms with Gasteiger partial charge >= 0.3 is 0 Å². The fourth-order valence-corrected chi connectivity index (χ4v) is 1.06. The summed E-state index contributed by atoms with van der Waals surface area (Å²) in [6, 6.07) is 0. The average Bonchev–Trinajstić information content (AvgIpc) is 2.13. The zero-order valence-electron chi connectivity index (χ0n) is 7.36. The average molecular weight is 186 g/mol. The number of hydrazine groups is 1. The van der Waals surface area contributed by atoms with E-state index < -0.39 is 0 Å². The summed E-state index contributed by atoms with van der Waals surface area (Å²) in [5, 5.41) is 11.4. The van der Waals surface area contributed by atoms with Gasteiger partial charge in [-0.1, -0.05) is 0 Å². The zero-order chi connectivity index (χ0) is 10.2. The molecule has 0 aliphatic carbocycles. The molecule has 0 atom stereocenters. The molecule has 0 fully saturated rings. The Balaban J connectivity index is 3.15. The van der Waals surface area contributed by atoms with E-state index in [1.165, 1.54) is 5.01 Å². The van der Waals surface area contributed by atoms with Crippen LogP contribution in [0.15, 0.2) is 23.0 Å². The lowest BCUT2D eigenvalue weighted by molar-refractivity contribution is -0.204. The van der Waals surface area contributed by atoms with E-state index in [0.29, 0.717) is 11.7 Å². The monoisotopic (exact) mass is 186 g/mol. The summed E-state index contributed by atoms with van der Waals surface area (Å²) in [5.41, 5.74) is 22.4. The molecular formula is C6H14N6O. The highest BCUT2D eigenvalue weighted by Gasteiger charge is 2.25. The fourth-order valence-electron chi connectivity index (χ4n) is 1.06. The van der Waals surface area contributed by atoms with Crippen LogP contribution < -0.4 is 22.9 Å². The number of hydrogen-bond acceptors (Lipinski definition) is 7. The first-order chi connectivity index (χ1) is 6.00. The normalized spacial score (nSPS) is 18.6.